The molecule has 0 aliphatic heterocycles. The Kier molecular flexibility index (Phi) is 4.89. The van der Waals surface area contributed by atoms with E-state index in [0.29, 0.717) is 5.69 Å². The summed E-state index contributed by atoms with van der Waals surface area (Å²) in [5.41, 5.74) is 3.63. The first kappa shape index (κ1) is 14.5. The van der Waals surface area contributed by atoms with Gasteiger partial charge in [0.1, 0.15) is 5.69 Å². The molecule has 0 bridgehead atoms. The van der Waals surface area contributed by atoms with Crippen molar-refractivity contribution in [3.8, 4) is 0 Å². The summed E-state index contributed by atoms with van der Waals surface area (Å²) in [7, 11) is 0. The van der Waals surface area contributed by atoms with Gasteiger partial charge in [-0.2, -0.15) is 5.10 Å². The van der Waals surface area contributed by atoms with Crippen molar-refractivity contribution in [3.05, 3.63) is 64.5 Å². The van der Waals surface area contributed by atoms with E-state index in [2.05, 4.69) is 20.8 Å². The fourth-order valence-corrected chi connectivity index (χ4v) is 1.67. The minimum absolute atomic E-state index is 0.0575. The van der Waals surface area contributed by atoms with E-state index in [4.69, 9.17) is 12.2 Å². The zero-order valence-corrected chi connectivity index (χ0v) is 11.6. The molecule has 2 aromatic rings. The molecule has 2 rings (SSSR count). The third kappa shape index (κ3) is 4.32. The molecule has 0 unspecified atom stereocenters. The van der Waals surface area contributed by atoms with Gasteiger partial charge in [0, 0.05) is 24.0 Å². The smallest absolute Gasteiger partial charge is 0.292 e. The van der Waals surface area contributed by atoms with Crippen molar-refractivity contribution in [2.75, 3.05) is 5.32 Å². The molecule has 0 saturated carbocycles. The highest BCUT2D eigenvalue weighted by molar-refractivity contribution is 7.80. The number of hydrogen-bond donors (Lipinski definition) is 2. The molecule has 0 saturated heterocycles. The van der Waals surface area contributed by atoms with E-state index in [9.17, 15) is 10.1 Å². The summed E-state index contributed by atoms with van der Waals surface area (Å²) in [6.07, 6.45) is 4.84. The number of benzene rings is 1. The highest BCUT2D eigenvalue weighted by Gasteiger charge is 2.12. The van der Waals surface area contributed by atoms with E-state index in [0.717, 1.165) is 5.56 Å². The van der Waals surface area contributed by atoms with Gasteiger partial charge in [-0.1, -0.05) is 18.2 Å². The van der Waals surface area contributed by atoms with Crippen LogP contribution in [-0.4, -0.2) is 21.2 Å². The Morgan fingerprint density at radius 2 is 2.14 bits per heavy atom. The fraction of sp³-hybridized carbons (Fsp3) is 0. The molecule has 0 aliphatic carbocycles. The van der Waals surface area contributed by atoms with Crippen LogP contribution in [0, 0.1) is 10.1 Å². The summed E-state index contributed by atoms with van der Waals surface area (Å²) in [5.74, 6) is 0. The lowest BCUT2D eigenvalue weighted by Gasteiger charge is -2.07. The fourth-order valence-electron chi connectivity index (χ4n) is 1.51. The quantitative estimate of drug-likeness (QED) is 0.389. The molecule has 2 N–H and O–H groups in total. The number of pyridine rings is 1. The van der Waals surface area contributed by atoms with E-state index in [1.807, 2.05) is 6.07 Å². The molecule has 0 spiro atoms. The zero-order chi connectivity index (χ0) is 15.1. The molecule has 0 fully saturated rings. The molecule has 1 aromatic heterocycles. The lowest BCUT2D eigenvalue weighted by atomic mass is 10.3. The average molecular weight is 301 g/mol. The maximum Gasteiger partial charge on any atom is 0.292 e. The SMILES string of the molecule is O=[N+]([O-])c1ccccc1NC(=S)N/N=C/c1cccnc1. The van der Waals surface area contributed by atoms with E-state index in [1.54, 1.807) is 42.9 Å². The molecular formula is C13H11N5O2S. The molecule has 1 aromatic carbocycles. The Morgan fingerprint density at radius 3 is 2.86 bits per heavy atom. The molecule has 0 aliphatic rings. The average Bonchev–Trinajstić information content (AvgIpc) is 2.48. The van der Waals surface area contributed by atoms with Gasteiger partial charge in [0.2, 0.25) is 0 Å². The van der Waals surface area contributed by atoms with Crippen molar-refractivity contribution in [2.24, 2.45) is 5.10 Å². The second-order valence-electron chi connectivity index (χ2n) is 3.88. The first-order valence-electron chi connectivity index (χ1n) is 5.90. The Bertz CT molecular complexity index is 675. The van der Waals surface area contributed by atoms with Crippen LogP contribution in [0.1, 0.15) is 5.56 Å². The van der Waals surface area contributed by atoms with Crippen LogP contribution >= 0.6 is 12.2 Å². The highest BCUT2D eigenvalue weighted by Crippen LogP contribution is 2.22. The lowest BCUT2D eigenvalue weighted by molar-refractivity contribution is -0.383. The number of nitro benzene ring substituents is 1. The molecular weight excluding hydrogens is 290 g/mol. The third-order valence-corrected chi connectivity index (χ3v) is 2.61. The van der Waals surface area contributed by atoms with Gasteiger partial charge in [-0.3, -0.25) is 20.5 Å². The summed E-state index contributed by atoms with van der Waals surface area (Å²) in [5, 5.41) is 17.7. The van der Waals surface area contributed by atoms with Crippen LogP contribution in [0.5, 0.6) is 0 Å². The molecule has 106 valence electrons. The second-order valence-corrected chi connectivity index (χ2v) is 4.29. The number of anilines is 1. The third-order valence-electron chi connectivity index (χ3n) is 2.41. The molecule has 21 heavy (non-hydrogen) atoms. The lowest BCUT2D eigenvalue weighted by Crippen LogP contribution is -2.24. The summed E-state index contributed by atoms with van der Waals surface area (Å²) in [6, 6.07) is 9.83. The number of hydrazone groups is 1. The summed E-state index contributed by atoms with van der Waals surface area (Å²) in [6.45, 7) is 0. The minimum Gasteiger partial charge on any atom is -0.326 e. The number of hydrogen-bond acceptors (Lipinski definition) is 5. The van der Waals surface area contributed by atoms with Crippen molar-refractivity contribution in [1.82, 2.24) is 10.4 Å². The first-order chi connectivity index (χ1) is 10.2. The van der Waals surface area contributed by atoms with Crippen molar-refractivity contribution >= 4 is 34.9 Å². The standard InChI is InChI=1S/C13H11N5O2S/c19-18(20)12-6-2-1-5-11(12)16-13(21)17-15-9-10-4-3-7-14-8-10/h1-9H,(H2,16,17,21)/b15-9+. The minimum atomic E-state index is -0.482. The summed E-state index contributed by atoms with van der Waals surface area (Å²) in [4.78, 5) is 14.3. The van der Waals surface area contributed by atoms with Crippen LogP contribution in [0.4, 0.5) is 11.4 Å². The summed E-state index contributed by atoms with van der Waals surface area (Å²) < 4.78 is 0. The predicted molar refractivity (Wildman–Crippen MR) is 84.3 cm³/mol. The van der Waals surface area contributed by atoms with Crippen LogP contribution in [0.2, 0.25) is 0 Å². The van der Waals surface area contributed by atoms with Gasteiger partial charge >= 0.3 is 0 Å². The van der Waals surface area contributed by atoms with E-state index >= 15 is 0 Å². The number of para-hydroxylation sites is 2. The number of thiocarbonyl (C=S) groups is 1. The number of nitrogens with one attached hydrogen (secondary N) is 2. The van der Waals surface area contributed by atoms with Crippen LogP contribution in [0.3, 0.4) is 0 Å². The molecule has 0 radical (unpaired) electrons. The van der Waals surface area contributed by atoms with E-state index in [-0.39, 0.29) is 10.8 Å². The van der Waals surface area contributed by atoms with E-state index < -0.39 is 4.92 Å². The highest BCUT2D eigenvalue weighted by atomic mass is 32.1. The second kappa shape index (κ2) is 7.06. The maximum atomic E-state index is 10.9. The van der Waals surface area contributed by atoms with Gasteiger partial charge in [-0.05, 0) is 24.4 Å². The number of aromatic nitrogens is 1. The van der Waals surface area contributed by atoms with Crippen LogP contribution in [0.15, 0.2) is 53.9 Å². The van der Waals surface area contributed by atoms with Crippen molar-refractivity contribution < 1.29 is 4.92 Å². The Hall–Kier alpha value is -2.87. The van der Waals surface area contributed by atoms with Crippen LogP contribution < -0.4 is 10.7 Å². The van der Waals surface area contributed by atoms with Crippen molar-refractivity contribution in [1.29, 1.82) is 0 Å². The Balaban J connectivity index is 1.97. The van der Waals surface area contributed by atoms with Gasteiger partial charge < -0.3 is 5.32 Å². The Labute approximate surface area is 125 Å². The molecule has 7 nitrogen and oxygen atoms in total. The normalized spacial score (nSPS) is 10.3. The molecule has 0 amide bonds. The van der Waals surface area contributed by atoms with E-state index in [1.165, 1.54) is 6.07 Å². The van der Waals surface area contributed by atoms with Crippen LogP contribution in [-0.2, 0) is 0 Å². The van der Waals surface area contributed by atoms with Gasteiger partial charge in [-0.15, -0.1) is 0 Å². The monoisotopic (exact) mass is 301 g/mol. The van der Waals surface area contributed by atoms with Crippen molar-refractivity contribution in [3.63, 3.8) is 0 Å². The zero-order valence-electron chi connectivity index (χ0n) is 10.8. The Morgan fingerprint density at radius 1 is 1.33 bits per heavy atom. The number of rotatable bonds is 4. The topological polar surface area (TPSA) is 92.5 Å². The van der Waals surface area contributed by atoms with Crippen LogP contribution in [0.25, 0.3) is 0 Å². The molecule has 0 atom stereocenters. The maximum absolute atomic E-state index is 10.9. The molecule has 1 heterocycles. The first-order valence-corrected chi connectivity index (χ1v) is 6.31. The molecule has 8 heteroatoms. The van der Waals surface area contributed by atoms with Gasteiger partial charge in [-0.25, -0.2) is 0 Å². The number of nitrogens with zero attached hydrogens (tertiary/aromatic N) is 3. The van der Waals surface area contributed by atoms with Gasteiger partial charge in [0.15, 0.2) is 5.11 Å². The largest absolute Gasteiger partial charge is 0.326 e. The van der Waals surface area contributed by atoms with Gasteiger partial charge in [0.25, 0.3) is 5.69 Å². The van der Waals surface area contributed by atoms with Gasteiger partial charge in [0.05, 0.1) is 11.1 Å². The predicted octanol–water partition coefficient (Wildman–Crippen LogP) is 2.31. The van der Waals surface area contributed by atoms with Crippen molar-refractivity contribution in [2.45, 2.75) is 0 Å². The summed E-state index contributed by atoms with van der Waals surface area (Å²) >= 11 is 5.02. The number of nitro groups is 1.